The van der Waals surface area contributed by atoms with E-state index in [1.807, 2.05) is 11.0 Å². The van der Waals surface area contributed by atoms with Crippen molar-refractivity contribution in [3.05, 3.63) is 35.9 Å². The number of benzene rings is 1. The zero-order valence-corrected chi connectivity index (χ0v) is 15.0. The minimum Gasteiger partial charge on any atom is -0.481 e. The lowest BCUT2D eigenvalue weighted by Gasteiger charge is -2.39. The van der Waals surface area contributed by atoms with E-state index >= 15 is 0 Å². The number of carbonyl (C=O) groups excluding carboxylic acids is 1. The van der Waals surface area contributed by atoms with Gasteiger partial charge in [-0.2, -0.15) is 0 Å². The molecule has 1 unspecified atom stereocenters. The molecule has 1 aliphatic rings. The molecule has 138 valence electrons. The molecule has 1 heterocycles. The second-order valence-electron chi connectivity index (χ2n) is 6.59. The van der Waals surface area contributed by atoms with Crippen molar-refractivity contribution in [3.63, 3.8) is 0 Å². The van der Waals surface area contributed by atoms with Gasteiger partial charge in [-0.05, 0) is 31.4 Å². The van der Waals surface area contributed by atoms with Crippen LogP contribution in [0.2, 0.25) is 0 Å². The van der Waals surface area contributed by atoms with Crippen LogP contribution < -0.4 is 5.32 Å². The number of likely N-dealkylation sites (tertiary alicyclic amines) is 1. The fourth-order valence-electron chi connectivity index (χ4n) is 3.34. The minimum atomic E-state index is -0.894. The number of amides is 2. The van der Waals surface area contributed by atoms with Gasteiger partial charge in [0.25, 0.3) is 0 Å². The van der Waals surface area contributed by atoms with Crippen molar-refractivity contribution in [2.45, 2.75) is 45.2 Å². The van der Waals surface area contributed by atoms with Gasteiger partial charge in [0.2, 0.25) is 0 Å². The van der Waals surface area contributed by atoms with Crippen molar-refractivity contribution in [2.24, 2.45) is 0 Å². The number of carboxylic acid groups (broad SMARTS) is 1. The van der Waals surface area contributed by atoms with Crippen LogP contribution in [0.3, 0.4) is 0 Å². The van der Waals surface area contributed by atoms with Crippen molar-refractivity contribution >= 4 is 12.0 Å². The van der Waals surface area contributed by atoms with Gasteiger partial charge in [0.15, 0.2) is 0 Å². The molecule has 0 saturated carbocycles. The molecule has 0 aliphatic carbocycles. The van der Waals surface area contributed by atoms with Gasteiger partial charge in [-0.25, -0.2) is 4.79 Å². The molecule has 0 radical (unpaired) electrons. The summed E-state index contributed by atoms with van der Waals surface area (Å²) in [5.74, 6) is -0.894. The van der Waals surface area contributed by atoms with Gasteiger partial charge in [-0.3, -0.25) is 9.69 Å². The molecule has 0 bridgehead atoms. The molecule has 1 atom stereocenters. The summed E-state index contributed by atoms with van der Waals surface area (Å²) in [4.78, 5) is 27.4. The highest BCUT2D eigenvalue weighted by Gasteiger charge is 2.28. The van der Waals surface area contributed by atoms with Crippen LogP contribution in [0.25, 0.3) is 0 Å². The average Bonchev–Trinajstić information content (AvgIpc) is 2.60. The smallest absolute Gasteiger partial charge is 0.317 e. The van der Waals surface area contributed by atoms with Crippen LogP contribution in [0.4, 0.5) is 4.79 Å². The Hall–Kier alpha value is -2.08. The summed E-state index contributed by atoms with van der Waals surface area (Å²) in [7, 11) is 0. The molecule has 1 aromatic carbocycles. The number of hydrogen-bond donors (Lipinski definition) is 2. The Morgan fingerprint density at radius 2 is 2.08 bits per heavy atom. The number of urea groups is 1. The summed E-state index contributed by atoms with van der Waals surface area (Å²) in [5.41, 5.74) is 1.29. The molecule has 1 aliphatic heterocycles. The van der Waals surface area contributed by atoms with Crippen LogP contribution in [-0.2, 0) is 11.3 Å². The van der Waals surface area contributed by atoms with Crippen molar-refractivity contribution in [1.29, 1.82) is 0 Å². The van der Waals surface area contributed by atoms with Crippen molar-refractivity contribution < 1.29 is 14.7 Å². The quantitative estimate of drug-likeness (QED) is 0.758. The molecule has 0 aromatic heterocycles. The molecule has 1 saturated heterocycles. The SMILES string of the molecule is CCCN(C(=O)NCCC(=O)O)C1CCCN(Cc2ccccc2)C1. The van der Waals surface area contributed by atoms with Gasteiger partial charge in [0.05, 0.1) is 6.42 Å². The summed E-state index contributed by atoms with van der Waals surface area (Å²) in [6.07, 6.45) is 2.91. The van der Waals surface area contributed by atoms with E-state index in [9.17, 15) is 9.59 Å². The van der Waals surface area contributed by atoms with Gasteiger partial charge in [0, 0.05) is 32.2 Å². The molecule has 1 fully saturated rings. The second-order valence-corrected chi connectivity index (χ2v) is 6.59. The molecule has 0 spiro atoms. The van der Waals surface area contributed by atoms with Crippen LogP contribution >= 0.6 is 0 Å². The normalized spacial score (nSPS) is 17.9. The summed E-state index contributed by atoms with van der Waals surface area (Å²) < 4.78 is 0. The molecular formula is C19H29N3O3. The zero-order valence-electron chi connectivity index (χ0n) is 15.0. The minimum absolute atomic E-state index is 0.0451. The third-order valence-electron chi connectivity index (χ3n) is 4.51. The second kappa shape index (κ2) is 10.0. The predicted octanol–water partition coefficient (Wildman–Crippen LogP) is 2.55. The molecule has 2 amide bonds. The Balaban J connectivity index is 1.92. The Bertz CT molecular complexity index is 550. The number of carboxylic acids is 1. The molecule has 25 heavy (non-hydrogen) atoms. The monoisotopic (exact) mass is 347 g/mol. The van der Waals surface area contributed by atoms with Crippen molar-refractivity contribution in [2.75, 3.05) is 26.2 Å². The number of nitrogens with one attached hydrogen (secondary N) is 1. The number of piperidine rings is 1. The largest absolute Gasteiger partial charge is 0.481 e. The molecule has 6 heteroatoms. The highest BCUT2D eigenvalue weighted by molar-refractivity contribution is 5.75. The maximum atomic E-state index is 12.5. The van der Waals surface area contributed by atoms with Crippen molar-refractivity contribution in [3.8, 4) is 0 Å². The van der Waals surface area contributed by atoms with E-state index in [0.717, 1.165) is 38.9 Å². The van der Waals surface area contributed by atoms with Crippen LogP contribution in [-0.4, -0.2) is 59.1 Å². The number of aliphatic carboxylic acids is 1. The van der Waals surface area contributed by atoms with Crippen LogP contribution in [0.5, 0.6) is 0 Å². The highest BCUT2D eigenvalue weighted by atomic mass is 16.4. The van der Waals surface area contributed by atoms with E-state index in [2.05, 4.69) is 41.4 Å². The van der Waals surface area contributed by atoms with Crippen LogP contribution in [0, 0.1) is 0 Å². The first-order chi connectivity index (χ1) is 12.1. The maximum Gasteiger partial charge on any atom is 0.317 e. The van der Waals surface area contributed by atoms with E-state index in [4.69, 9.17) is 5.11 Å². The topological polar surface area (TPSA) is 72.9 Å². The number of hydrogen-bond acceptors (Lipinski definition) is 3. The summed E-state index contributed by atoms with van der Waals surface area (Å²) in [5, 5.41) is 11.5. The predicted molar refractivity (Wildman–Crippen MR) is 97.4 cm³/mol. The number of nitrogens with zero attached hydrogens (tertiary/aromatic N) is 2. The lowest BCUT2D eigenvalue weighted by Crippen LogP contribution is -2.53. The maximum absolute atomic E-state index is 12.5. The Labute approximate surface area is 149 Å². The lowest BCUT2D eigenvalue weighted by molar-refractivity contribution is -0.136. The summed E-state index contributed by atoms with van der Waals surface area (Å²) in [6.45, 7) is 5.74. The fraction of sp³-hybridized carbons (Fsp3) is 0.579. The lowest BCUT2D eigenvalue weighted by atomic mass is 10.0. The number of rotatable bonds is 8. The first kappa shape index (κ1) is 19.2. The first-order valence-electron chi connectivity index (χ1n) is 9.12. The molecule has 2 rings (SSSR count). The highest BCUT2D eigenvalue weighted by Crippen LogP contribution is 2.18. The van der Waals surface area contributed by atoms with E-state index in [1.54, 1.807) is 0 Å². The van der Waals surface area contributed by atoms with Crippen LogP contribution in [0.1, 0.15) is 38.2 Å². The Morgan fingerprint density at radius 1 is 1.32 bits per heavy atom. The zero-order chi connectivity index (χ0) is 18.1. The molecule has 6 nitrogen and oxygen atoms in total. The molecule has 2 N–H and O–H groups in total. The summed E-state index contributed by atoms with van der Waals surface area (Å²) in [6, 6.07) is 10.4. The van der Waals surface area contributed by atoms with Gasteiger partial charge in [-0.15, -0.1) is 0 Å². The average molecular weight is 347 g/mol. The molecular weight excluding hydrogens is 318 g/mol. The van der Waals surface area contributed by atoms with Gasteiger partial charge >= 0.3 is 12.0 Å². The van der Waals surface area contributed by atoms with Gasteiger partial charge < -0.3 is 15.3 Å². The van der Waals surface area contributed by atoms with E-state index in [1.165, 1.54) is 5.56 Å². The number of carbonyl (C=O) groups is 2. The van der Waals surface area contributed by atoms with E-state index < -0.39 is 5.97 Å². The van der Waals surface area contributed by atoms with Crippen LogP contribution in [0.15, 0.2) is 30.3 Å². The van der Waals surface area contributed by atoms with E-state index in [0.29, 0.717) is 6.54 Å². The Kier molecular flexibility index (Phi) is 7.73. The fourth-order valence-corrected chi connectivity index (χ4v) is 3.34. The first-order valence-corrected chi connectivity index (χ1v) is 9.12. The van der Waals surface area contributed by atoms with E-state index in [-0.39, 0.29) is 25.0 Å². The summed E-state index contributed by atoms with van der Waals surface area (Å²) >= 11 is 0. The van der Waals surface area contributed by atoms with Gasteiger partial charge in [0.1, 0.15) is 0 Å². The molecule has 1 aromatic rings. The third-order valence-corrected chi connectivity index (χ3v) is 4.51. The standard InChI is InChI=1S/C19H29N3O3/c1-2-12-22(19(25)20-11-10-18(23)24)17-9-6-13-21(15-17)14-16-7-4-3-5-8-16/h3-5,7-8,17H,2,6,9-15H2,1H3,(H,20,25)(H,23,24). The van der Waals surface area contributed by atoms with Crippen molar-refractivity contribution in [1.82, 2.24) is 15.1 Å². The third kappa shape index (κ3) is 6.38. The van der Waals surface area contributed by atoms with Gasteiger partial charge in [-0.1, -0.05) is 37.3 Å². The Morgan fingerprint density at radius 3 is 2.76 bits per heavy atom.